The topological polar surface area (TPSA) is 0 Å². The molecule has 0 aromatic carbocycles. The SMILES string of the molecule is [2H][C@@H]1C(C#C)[C@@H]1[2H]. The van der Waals surface area contributed by atoms with Crippen molar-refractivity contribution in [1.82, 2.24) is 0 Å². The van der Waals surface area contributed by atoms with E-state index in [1.54, 1.807) is 0 Å². The zero-order valence-corrected chi connectivity index (χ0v) is 2.81. The fraction of sp³-hybridized carbons (Fsp3) is 0.600. The van der Waals surface area contributed by atoms with Gasteiger partial charge in [-0.05, 0) is 12.8 Å². The van der Waals surface area contributed by atoms with Crippen LogP contribution < -0.4 is 0 Å². The van der Waals surface area contributed by atoms with Crippen LogP contribution in [0.3, 0.4) is 0 Å². The van der Waals surface area contributed by atoms with Crippen LogP contribution in [-0.2, 0) is 0 Å². The molecule has 3 atom stereocenters. The molecule has 0 aromatic rings. The molecule has 5 heavy (non-hydrogen) atoms. The van der Waals surface area contributed by atoms with Crippen LogP contribution in [0, 0.1) is 18.3 Å². The maximum absolute atomic E-state index is 6.93. The third-order valence-corrected chi connectivity index (χ3v) is 0.577. The number of terminal acetylenes is 1. The van der Waals surface area contributed by atoms with Crippen LogP contribution in [0.15, 0.2) is 0 Å². The first kappa shape index (κ1) is 1.34. The average molecular weight is 68.1 g/mol. The summed E-state index contributed by atoms with van der Waals surface area (Å²) >= 11 is 0. The van der Waals surface area contributed by atoms with E-state index in [4.69, 9.17) is 9.16 Å². The Balaban J connectivity index is 2.42. The first-order chi connectivity index (χ1) is 3.27. The highest BCUT2D eigenvalue weighted by Crippen LogP contribution is 2.26. The van der Waals surface area contributed by atoms with Crippen molar-refractivity contribution < 1.29 is 2.74 Å². The third kappa shape index (κ3) is 0.417. The van der Waals surface area contributed by atoms with E-state index in [1.807, 2.05) is 0 Å². The quantitative estimate of drug-likeness (QED) is 0.372. The van der Waals surface area contributed by atoms with Gasteiger partial charge in [0, 0.05) is 8.66 Å². The van der Waals surface area contributed by atoms with Crippen LogP contribution >= 0.6 is 0 Å². The third-order valence-electron chi connectivity index (χ3n) is 0.577. The number of hydrogen-bond donors (Lipinski definition) is 0. The van der Waals surface area contributed by atoms with Gasteiger partial charge in [-0.2, -0.15) is 0 Å². The van der Waals surface area contributed by atoms with Gasteiger partial charge in [0.1, 0.15) is 0 Å². The highest BCUT2D eigenvalue weighted by atomic mass is 14.2. The lowest BCUT2D eigenvalue weighted by Crippen LogP contribution is -1.52. The molecule has 0 nitrogen and oxygen atoms in total. The molecule has 26 valence electrons. The van der Waals surface area contributed by atoms with E-state index in [9.17, 15) is 0 Å². The van der Waals surface area contributed by atoms with Crippen molar-refractivity contribution in [2.24, 2.45) is 5.92 Å². The summed E-state index contributed by atoms with van der Waals surface area (Å²) in [6.07, 6.45) is 4.35. The first-order valence-corrected chi connectivity index (χ1v) is 1.58. The van der Waals surface area contributed by atoms with Gasteiger partial charge in [0.25, 0.3) is 0 Å². The molecule has 0 heterocycles. The fourth-order valence-corrected chi connectivity index (χ4v) is 0.167. The molecule has 0 bridgehead atoms. The summed E-state index contributed by atoms with van der Waals surface area (Å²) in [5.41, 5.74) is 0. The second kappa shape index (κ2) is 0.755. The molecule has 0 aromatic heterocycles. The monoisotopic (exact) mass is 68.1 g/mol. The highest BCUT2D eigenvalue weighted by Gasteiger charge is 2.16. The molecule has 0 spiro atoms. The van der Waals surface area contributed by atoms with Crippen LogP contribution in [0.4, 0.5) is 0 Å². The molecular weight excluding hydrogens is 60.1 g/mol. The summed E-state index contributed by atoms with van der Waals surface area (Å²) in [4.78, 5) is 0. The molecule has 0 radical (unpaired) electrons. The minimum Gasteiger partial charge on any atom is -0.120 e. The van der Waals surface area contributed by atoms with Crippen molar-refractivity contribution in [3.05, 3.63) is 0 Å². The summed E-state index contributed by atoms with van der Waals surface area (Å²) in [7, 11) is 0. The number of hydrogen-bond acceptors (Lipinski definition) is 0. The van der Waals surface area contributed by atoms with Gasteiger partial charge in [0.15, 0.2) is 0 Å². The Morgan fingerprint density at radius 2 is 2.60 bits per heavy atom. The van der Waals surface area contributed by atoms with Crippen molar-refractivity contribution in [2.45, 2.75) is 12.8 Å². The summed E-state index contributed by atoms with van der Waals surface area (Å²) in [6, 6.07) is 0. The molecule has 0 heteroatoms. The standard InChI is InChI=1S/C5H6/c1-2-5-3-4-5/h1,5H,3-4H2/i3D,4D/t3-,4+,5?. The maximum Gasteiger partial charge on any atom is 0.0280 e. The largest absolute Gasteiger partial charge is 0.120 e. The first-order valence-electron chi connectivity index (χ1n) is 2.73. The molecule has 1 saturated carbocycles. The van der Waals surface area contributed by atoms with E-state index in [0.717, 1.165) is 0 Å². The molecule has 1 aliphatic carbocycles. The second-order valence-electron chi connectivity index (χ2n) is 1.08. The molecule has 0 amide bonds. The Bertz CT molecular complexity index is 106. The molecule has 0 saturated heterocycles. The van der Waals surface area contributed by atoms with Crippen LogP contribution in [0.2, 0.25) is 0 Å². The van der Waals surface area contributed by atoms with Gasteiger partial charge in [0.05, 0.1) is 0 Å². The predicted molar refractivity (Wildman–Crippen MR) is 21.6 cm³/mol. The molecular formula is C5H6. The minimum atomic E-state index is -0.287. The summed E-state index contributed by atoms with van der Waals surface area (Å²) in [5, 5.41) is 0. The van der Waals surface area contributed by atoms with Crippen molar-refractivity contribution in [3.8, 4) is 12.3 Å². The van der Waals surface area contributed by atoms with Crippen LogP contribution in [0.1, 0.15) is 15.5 Å². The zero-order chi connectivity index (χ0) is 5.44. The van der Waals surface area contributed by atoms with Crippen molar-refractivity contribution in [1.29, 1.82) is 0 Å². The lowest BCUT2D eigenvalue weighted by Gasteiger charge is -1.57. The van der Waals surface area contributed by atoms with E-state index >= 15 is 0 Å². The molecule has 1 fully saturated rings. The average Bonchev–Trinajstić information content (AvgIpc) is 2.17. The van der Waals surface area contributed by atoms with Crippen molar-refractivity contribution in [2.75, 3.05) is 0 Å². The Morgan fingerprint density at radius 1 is 2.00 bits per heavy atom. The maximum atomic E-state index is 6.93. The molecule has 0 N–H and O–H groups in total. The Kier molecular flexibility index (Phi) is 0.203. The Hall–Kier alpha value is -0.440. The highest BCUT2D eigenvalue weighted by molar-refractivity contribution is 5.00. The van der Waals surface area contributed by atoms with Crippen molar-refractivity contribution >= 4 is 0 Å². The van der Waals surface area contributed by atoms with Gasteiger partial charge < -0.3 is 0 Å². The van der Waals surface area contributed by atoms with Crippen LogP contribution in [0.25, 0.3) is 0 Å². The molecule has 0 aliphatic heterocycles. The van der Waals surface area contributed by atoms with E-state index in [-0.39, 0.29) is 18.7 Å². The van der Waals surface area contributed by atoms with E-state index in [2.05, 4.69) is 5.92 Å². The Labute approximate surface area is 35.0 Å². The normalized spacial score (nSPS) is 67.4. The van der Waals surface area contributed by atoms with Crippen LogP contribution in [0.5, 0.6) is 0 Å². The van der Waals surface area contributed by atoms with Crippen molar-refractivity contribution in [3.63, 3.8) is 0 Å². The number of rotatable bonds is 0. The van der Waals surface area contributed by atoms with E-state index in [1.165, 1.54) is 0 Å². The van der Waals surface area contributed by atoms with Gasteiger partial charge in [0.2, 0.25) is 0 Å². The second-order valence-corrected chi connectivity index (χ2v) is 1.08. The summed E-state index contributed by atoms with van der Waals surface area (Å²) < 4.78 is 13.9. The zero-order valence-electron chi connectivity index (χ0n) is 4.81. The van der Waals surface area contributed by atoms with Gasteiger partial charge in [-0.15, -0.1) is 12.3 Å². The van der Waals surface area contributed by atoms with E-state index < -0.39 is 0 Å². The summed E-state index contributed by atoms with van der Waals surface area (Å²) in [6.45, 7) is 0. The smallest absolute Gasteiger partial charge is 0.0280 e. The fourth-order valence-electron chi connectivity index (χ4n) is 0.167. The Morgan fingerprint density at radius 3 is 2.60 bits per heavy atom. The van der Waals surface area contributed by atoms with E-state index in [0.29, 0.717) is 0 Å². The summed E-state index contributed by atoms with van der Waals surface area (Å²) in [5.74, 6) is 2.29. The van der Waals surface area contributed by atoms with Crippen LogP contribution in [-0.4, -0.2) is 0 Å². The molecule has 1 unspecified atom stereocenters. The predicted octanol–water partition coefficient (Wildman–Crippen LogP) is 1.03. The van der Waals surface area contributed by atoms with Gasteiger partial charge in [-0.1, -0.05) is 0 Å². The minimum absolute atomic E-state index is 0.0694. The van der Waals surface area contributed by atoms with Gasteiger partial charge in [-0.25, -0.2) is 0 Å². The lowest BCUT2D eigenvalue weighted by molar-refractivity contribution is 1.18. The van der Waals surface area contributed by atoms with Gasteiger partial charge >= 0.3 is 0 Å². The molecule has 1 aliphatic rings. The molecule has 1 rings (SSSR count). The van der Waals surface area contributed by atoms with Gasteiger partial charge in [-0.3, -0.25) is 0 Å². The lowest BCUT2D eigenvalue weighted by atomic mass is 10.5.